The molecule has 0 aliphatic heterocycles. The highest BCUT2D eigenvalue weighted by molar-refractivity contribution is 5.26. The second-order valence-electron chi connectivity index (χ2n) is 7.71. The molecule has 4 fully saturated rings. The van der Waals surface area contributed by atoms with E-state index in [1.165, 1.54) is 43.2 Å². The van der Waals surface area contributed by atoms with Gasteiger partial charge in [0.15, 0.2) is 0 Å². The molecular weight excluding hydrogens is 244 g/mol. The fourth-order valence-electron chi connectivity index (χ4n) is 5.80. The SMILES string of the molecule is Cc1ccccc1CC(O)C1C2CC3CC(C2)CC1C3. The third kappa shape index (κ3) is 2.11. The van der Waals surface area contributed by atoms with Crippen molar-refractivity contribution in [1.82, 2.24) is 0 Å². The van der Waals surface area contributed by atoms with E-state index in [1.54, 1.807) is 0 Å². The van der Waals surface area contributed by atoms with E-state index in [0.29, 0.717) is 5.92 Å². The zero-order valence-electron chi connectivity index (χ0n) is 12.5. The van der Waals surface area contributed by atoms with E-state index in [1.807, 2.05) is 0 Å². The van der Waals surface area contributed by atoms with Gasteiger partial charge in [0.25, 0.3) is 0 Å². The first-order chi connectivity index (χ1) is 9.70. The number of hydrogen-bond donors (Lipinski definition) is 1. The maximum Gasteiger partial charge on any atom is 0.0614 e. The Kier molecular flexibility index (Phi) is 3.14. The van der Waals surface area contributed by atoms with Gasteiger partial charge in [-0.2, -0.15) is 0 Å². The predicted molar refractivity (Wildman–Crippen MR) is 81.4 cm³/mol. The van der Waals surface area contributed by atoms with Gasteiger partial charge in [-0.3, -0.25) is 0 Å². The van der Waals surface area contributed by atoms with Crippen LogP contribution in [0, 0.1) is 36.5 Å². The molecule has 1 aromatic carbocycles. The standard InChI is InChI=1S/C19H26O/c1-12-4-2-3-5-15(12)11-18(20)19-16-7-13-6-14(9-16)10-17(19)8-13/h2-5,13-14,16-20H,6-11H2,1H3. The van der Waals surface area contributed by atoms with Crippen LogP contribution in [0.1, 0.15) is 43.2 Å². The van der Waals surface area contributed by atoms with Crippen LogP contribution in [0.3, 0.4) is 0 Å². The predicted octanol–water partition coefficient (Wildman–Crippen LogP) is 3.97. The Balaban J connectivity index is 1.51. The summed E-state index contributed by atoms with van der Waals surface area (Å²) in [5.74, 6) is 4.23. The van der Waals surface area contributed by atoms with Crippen molar-refractivity contribution < 1.29 is 5.11 Å². The van der Waals surface area contributed by atoms with E-state index in [2.05, 4.69) is 31.2 Å². The molecule has 4 aliphatic rings. The van der Waals surface area contributed by atoms with Gasteiger partial charge in [-0.25, -0.2) is 0 Å². The summed E-state index contributed by atoms with van der Waals surface area (Å²) in [5.41, 5.74) is 2.67. The molecule has 4 aliphatic carbocycles. The average molecular weight is 270 g/mol. The zero-order chi connectivity index (χ0) is 13.7. The molecule has 0 spiro atoms. The van der Waals surface area contributed by atoms with Crippen LogP contribution in [-0.2, 0) is 6.42 Å². The molecule has 1 unspecified atom stereocenters. The Labute approximate surface area is 122 Å². The zero-order valence-corrected chi connectivity index (χ0v) is 12.5. The van der Waals surface area contributed by atoms with Crippen molar-refractivity contribution >= 4 is 0 Å². The molecular formula is C19H26O. The minimum atomic E-state index is -0.119. The van der Waals surface area contributed by atoms with Crippen LogP contribution in [-0.4, -0.2) is 11.2 Å². The smallest absolute Gasteiger partial charge is 0.0614 e. The lowest BCUT2D eigenvalue weighted by Crippen LogP contribution is -2.49. The summed E-state index contributed by atoms with van der Waals surface area (Å²) in [6, 6.07) is 8.55. The number of aliphatic hydroxyl groups excluding tert-OH is 1. The Morgan fingerprint density at radius 3 is 2.20 bits per heavy atom. The fraction of sp³-hybridized carbons (Fsp3) is 0.684. The maximum atomic E-state index is 10.9. The second kappa shape index (κ2) is 4.87. The topological polar surface area (TPSA) is 20.2 Å². The number of benzene rings is 1. The minimum absolute atomic E-state index is 0.119. The van der Waals surface area contributed by atoms with E-state index < -0.39 is 0 Å². The summed E-state index contributed by atoms with van der Waals surface area (Å²) >= 11 is 0. The van der Waals surface area contributed by atoms with Crippen LogP contribution in [0.2, 0.25) is 0 Å². The van der Waals surface area contributed by atoms with Crippen LogP contribution < -0.4 is 0 Å². The summed E-state index contributed by atoms with van der Waals surface area (Å²) < 4.78 is 0. The lowest BCUT2D eigenvalue weighted by atomic mass is 9.50. The van der Waals surface area contributed by atoms with Crippen molar-refractivity contribution in [3.63, 3.8) is 0 Å². The monoisotopic (exact) mass is 270 g/mol. The maximum absolute atomic E-state index is 10.9. The molecule has 0 heterocycles. The third-order valence-corrected chi connectivity index (χ3v) is 6.43. The average Bonchev–Trinajstić information content (AvgIpc) is 2.40. The van der Waals surface area contributed by atoms with E-state index >= 15 is 0 Å². The lowest BCUT2D eigenvalue weighted by Gasteiger charge is -2.55. The Morgan fingerprint density at radius 2 is 1.60 bits per heavy atom. The van der Waals surface area contributed by atoms with Gasteiger partial charge in [0.05, 0.1) is 6.10 Å². The molecule has 1 N–H and O–H groups in total. The molecule has 0 amide bonds. The molecule has 20 heavy (non-hydrogen) atoms. The first-order valence-corrected chi connectivity index (χ1v) is 8.43. The summed E-state index contributed by atoms with van der Waals surface area (Å²) in [6.07, 6.45) is 7.86. The van der Waals surface area contributed by atoms with Crippen molar-refractivity contribution in [3.05, 3.63) is 35.4 Å². The van der Waals surface area contributed by atoms with E-state index in [9.17, 15) is 5.11 Å². The molecule has 1 atom stereocenters. The van der Waals surface area contributed by atoms with Gasteiger partial charge in [0, 0.05) is 0 Å². The quantitative estimate of drug-likeness (QED) is 0.881. The number of hydrogen-bond acceptors (Lipinski definition) is 1. The van der Waals surface area contributed by atoms with Crippen molar-refractivity contribution in [2.45, 2.75) is 51.6 Å². The van der Waals surface area contributed by atoms with Gasteiger partial charge in [-0.1, -0.05) is 24.3 Å². The van der Waals surface area contributed by atoms with E-state index in [4.69, 9.17) is 0 Å². The molecule has 4 bridgehead atoms. The molecule has 108 valence electrons. The second-order valence-corrected chi connectivity index (χ2v) is 7.71. The normalized spacial score (nSPS) is 40.0. The summed E-state index contributed by atoms with van der Waals surface area (Å²) in [4.78, 5) is 0. The van der Waals surface area contributed by atoms with Crippen molar-refractivity contribution in [1.29, 1.82) is 0 Å². The largest absolute Gasteiger partial charge is 0.392 e. The summed E-state index contributed by atoms with van der Waals surface area (Å²) in [7, 11) is 0. The Hall–Kier alpha value is -0.820. The molecule has 4 saturated carbocycles. The summed E-state index contributed by atoms with van der Waals surface area (Å²) in [6.45, 7) is 2.17. The van der Waals surface area contributed by atoms with E-state index in [-0.39, 0.29) is 6.10 Å². The third-order valence-electron chi connectivity index (χ3n) is 6.43. The van der Waals surface area contributed by atoms with E-state index in [0.717, 1.165) is 30.1 Å². The van der Waals surface area contributed by atoms with Crippen LogP contribution in [0.5, 0.6) is 0 Å². The van der Waals surface area contributed by atoms with Crippen molar-refractivity contribution in [2.24, 2.45) is 29.6 Å². The van der Waals surface area contributed by atoms with Crippen LogP contribution in [0.25, 0.3) is 0 Å². The van der Waals surface area contributed by atoms with Gasteiger partial charge >= 0.3 is 0 Å². The van der Waals surface area contributed by atoms with Gasteiger partial charge < -0.3 is 5.11 Å². The first kappa shape index (κ1) is 12.9. The summed E-state index contributed by atoms with van der Waals surface area (Å²) in [5, 5.41) is 10.9. The van der Waals surface area contributed by atoms with Crippen molar-refractivity contribution in [3.8, 4) is 0 Å². The molecule has 1 heteroatoms. The highest BCUT2D eigenvalue weighted by atomic mass is 16.3. The molecule has 1 nitrogen and oxygen atoms in total. The first-order valence-electron chi connectivity index (χ1n) is 8.43. The minimum Gasteiger partial charge on any atom is -0.392 e. The van der Waals surface area contributed by atoms with Crippen molar-refractivity contribution in [2.75, 3.05) is 0 Å². The van der Waals surface area contributed by atoms with Gasteiger partial charge in [-0.05, 0) is 86.2 Å². The molecule has 1 aromatic rings. The Bertz CT molecular complexity index is 464. The van der Waals surface area contributed by atoms with Crippen LogP contribution >= 0.6 is 0 Å². The highest BCUT2D eigenvalue weighted by Gasteiger charge is 2.50. The molecule has 0 aromatic heterocycles. The number of aryl methyl sites for hydroxylation is 1. The fourth-order valence-corrected chi connectivity index (χ4v) is 5.80. The van der Waals surface area contributed by atoms with Gasteiger partial charge in [-0.15, -0.1) is 0 Å². The Morgan fingerprint density at radius 1 is 1.00 bits per heavy atom. The van der Waals surface area contributed by atoms with Gasteiger partial charge in [0.2, 0.25) is 0 Å². The van der Waals surface area contributed by atoms with Crippen LogP contribution in [0.4, 0.5) is 0 Å². The molecule has 0 saturated heterocycles. The van der Waals surface area contributed by atoms with Crippen LogP contribution in [0.15, 0.2) is 24.3 Å². The number of aliphatic hydroxyl groups is 1. The van der Waals surface area contributed by atoms with Gasteiger partial charge in [0.1, 0.15) is 0 Å². The molecule has 5 rings (SSSR count). The molecule has 0 radical (unpaired) electrons. The lowest BCUT2D eigenvalue weighted by molar-refractivity contribution is -0.0888. The number of rotatable bonds is 3. The highest BCUT2D eigenvalue weighted by Crippen LogP contribution is 2.57.